The summed E-state index contributed by atoms with van der Waals surface area (Å²) in [5, 5.41) is 12.0. The van der Waals surface area contributed by atoms with E-state index in [1.807, 2.05) is 26.8 Å². The second-order valence-electron chi connectivity index (χ2n) is 6.79. The first kappa shape index (κ1) is 20.3. The molecule has 0 fully saturated rings. The van der Waals surface area contributed by atoms with Crippen LogP contribution in [-0.2, 0) is 0 Å². The number of hydrogen-bond donors (Lipinski definition) is 2. The molecule has 8 heteroatoms. The van der Waals surface area contributed by atoms with Crippen LogP contribution in [0.15, 0.2) is 30.5 Å². The Kier molecular flexibility index (Phi) is 6.67. The maximum atomic E-state index is 10.8. The first-order valence-electron chi connectivity index (χ1n) is 8.08. The number of hydrogen-bond acceptors (Lipinski definition) is 4. The summed E-state index contributed by atoms with van der Waals surface area (Å²) in [6.45, 7) is 6.10. The molecule has 2 rings (SSSR count). The van der Waals surface area contributed by atoms with E-state index in [1.165, 1.54) is 0 Å². The molecular formula is C18H21Cl2N3O3. The fourth-order valence-electron chi connectivity index (χ4n) is 2.78. The Morgan fingerprint density at radius 1 is 1.35 bits per heavy atom. The summed E-state index contributed by atoms with van der Waals surface area (Å²) in [5.74, 6) is 0.694. The Hall–Kier alpha value is -2.05. The highest BCUT2D eigenvalue weighted by molar-refractivity contribution is 6.32. The Balaban J connectivity index is 1.99. The van der Waals surface area contributed by atoms with Gasteiger partial charge >= 0.3 is 6.09 Å². The van der Waals surface area contributed by atoms with Gasteiger partial charge in [-0.3, -0.25) is 0 Å². The molecule has 1 atom stereocenters. The minimum Gasteiger partial charge on any atom is -0.492 e. The van der Waals surface area contributed by atoms with Crippen LogP contribution in [0.5, 0.6) is 5.75 Å². The molecule has 1 heterocycles. The summed E-state index contributed by atoms with van der Waals surface area (Å²) in [4.78, 5) is 18.8. The van der Waals surface area contributed by atoms with Gasteiger partial charge < -0.3 is 15.2 Å². The average molecular weight is 398 g/mol. The zero-order valence-electron chi connectivity index (χ0n) is 14.8. The summed E-state index contributed by atoms with van der Waals surface area (Å²) in [6.07, 6.45) is 1.18. The van der Waals surface area contributed by atoms with E-state index in [4.69, 9.17) is 33.0 Å². The Labute approximate surface area is 162 Å². The van der Waals surface area contributed by atoms with E-state index in [9.17, 15) is 4.79 Å². The number of ether oxygens (including phenoxy) is 1. The maximum absolute atomic E-state index is 10.8. The topological polar surface area (TPSA) is 84.3 Å². The molecule has 6 nitrogen and oxygen atoms in total. The number of carbonyl (C=O) groups is 1. The molecule has 2 aromatic rings. The molecule has 1 amide bonds. The van der Waals surface area contributed by atoms with Crippen molar-refractivity contribution in [3.8, 4) is 17.0 Å². The SMILES string of the molecule is C[C@H](COc1ccc(-c2ccnc(Cl)n2)cc1Cl)CC(C)(C)NC(=O)O. The highest BCUT2D eigenvalue weighted by Gasteiger charge is 2.23. The van der Waals surface area contributed by atoms with Gasteiger partial charge in [0.25, 0.3) is 0 Å². The fourth-order valence-corrected chi connectivity index (χ4v) is 3.16. The van der Waals surface area contributed by atoms with Crippen molar-refractivity contribution < 1.29 is 14.6 Å². The van der Waals surface area contributed by atoms with Gasteiger partial charge in [-0.15, -0.1) is 0 Å². The average Bonchev–Trinajstić information content (AvgIpc) is 2.51. The van der Waals surface area contributed by atoms with E-state index in [-0.39, 0.29) is 11.2 Å². The lowest BCUT2D eigenvalue weighted by Gasteiger charge is -2.28. The van der Waals surface area contributed by atoms with Crippen LogP contribution in [0.4, 0.5) is 4.79 Å². The lowest BCUT2D eigenvalue weighted by Crippen LogP contribution is -2.44. The summed E-state index contributed by atoms with van der Waals surface area (Å²) in [5.41, 5.74) is 0.953. The number of amides is 1. The van der Waals surface area contributed by atoms with Crippen LogP contribution in [0.3, 0.4) is 0 Å². The first-order chi connectivity index (χ1) is 12.2. The highest BCUT2D eigenvalue weighted by Crippen LogP contribution is 2.30. The van der Waals surface area contributed by atoms with Crippen LogP contribution in [0, 0.1) is 5.92 Å². The second kappa shape index (κ2) is 8.56. The minimum absolute atomic E-state index is 0.133. The van der Waals surface area contributed by atoms with Crippen LogP contribution < -0.4 is 10.1 Å². The molecule has 0 saturated heterocycles. The predicted octanol–water partition coefficient (Wildman–Crippen LogP) is 4.90. The van der Waals surface area contributed by atoms with Gasteiger partial charge in [-0.2, -0.15) is 0 Å². The number of nitrogens with one attached hydrogen (secondary N) is 1. The third kappa shape index (κ3) is 6.04. The predicted molar refractivity (Wildman–Crippen MR) is 102 cm³/mol. The van der Waals surface area contributed by atoms with Gasteiger partial charge in [0.05, 0.1) is 17.3 Å². The van der Waals surface area contributed by atoms with Gasteiger partial charge in [-0.25, -0.2) is 14.8 Å². The molecule has 140 valence electrons. The largest absolute Gasteiger partial charge is 0.492 e. The third-order valence-corrected chi connectivity index (χ3v) is 4.16. The van der Waals surface area contributed by atoms with E-state index in [0.29, 0.717) is 29.5 Å². The van der Waals surface area contributed by atoms with Crippen molar-refractivity contribution in [1.29, 1.82) is 0 Å². The zero-order valence-corrected chi connectivity index (χ0v) is 16.3. The number of aromatic nitrogens is 2. The van der Waals surface area contributed by atoms with E-state index in [2.05, 4.69) is 15.3 Å². The molecule has 0 aliphatic carbocycles. The molecule has 0 unspecified atom stereocenters. The number of rotatable bonds is 7. The number of benzene rings is 1. The molecule has 0 bridgehead atoms. The molecule has 1 aromatic carbocycles. The van der Waals surface area contributed by atoms with Crippen LogP contribution in [0.2, 0.25) is 10.3 Å². The summed E-state index contributed by atoms with van der Waals surface area (Å²) in [6, 6.07) is 7.13. The molecule has 0 radical (unpaired) electrons. The van der Waals surface area contributed by atoms with Gasteiger partial charge in [0.1, 0.15) is 5.75 Å². The monoisotopic (exact) mass is 397 g/mol. The maximum Gasteiger partial charge on any atom is 0.405 e. The molecule has 1 aromatic heterocycles. The van der Waals surface area contributed by atoms with Crippen molar-refractivity contribution in [2.45, 2.75) is 32.7 Å². The lowest BCUT2D eigenvalue weighted by atomic mass is 9.92. The van der Waals surface area contributed by atoms with Crippen molar-refractivity contribution in [3.05, 3.63) is 40.8 Å². The quantitative estimate of drug-likeness (QED) is 0.648. The second-order valence-corrected chi connectivity index (χ2v) is 7.54. The number of nitrogens with zero attached hydrogens (tertiary/aromatic N) is 2. The fraction of sp³-hybridized carbons (Fsp3) is 0.389. The normalized spacial score (nSPS) is 12.5. The van der Waals surface area contributed by atoms with Crippen LogP contribution >= 0.6 is 23.2 Å². The third-order valence-electron chi connectivity index (χ3n) is 3.68. The van der Waals surface area contributed by atoms with Gasteiger partial charge in [0.2, 0.25) is 5.28 Å². The van der Waals surface area contributed by atoms with Crippen LogP contribution in [0.1, 0.15) is 27.2 Å². The highest BCUT2D eigenvalue weighted by atomic mass is 35.5. The van der Waals surface area contributed by atoms with Crippen molar-refractivity contribution in [2.75, 3.05) is 6.61 Å². The standard InChI is InChI=1S/C18H21Cl2N3O3/c1-11(9-18(2,3)23-17(24)25)10-26-15-5-4-12(8-13(15)19)14-6-7-21-16(20)22-14/h4-8,11,23H,9-10H2,1-3H3,(H,24,25)/t11-/m0/s1. The molecular weight excluding hydrogens is 377 g/mol. The van der Waals surface area contributed by atoms with E-state index in [1.54, 1.807) is 24.4 Å². The molecule has 26 heavy (non-hydrogen) atoms. The molecule has 2 N–H and O–H groups in total. The van der Waals surface area contributed by atoms with Crippen LogP contribution in [-0.4, -0.2) is 33.3 Å². The van der Waals surface area contributed by atoms with E-state index in [0.717, 1.165) is 5.56 Å². The van der Waals surface area contributed by atoms with Gasteiger partial charge in [0, 0.05) is 17.3 Å². The Morgan fingerprint density at radius 3 is 2.69 bits per heavy atom. The van der Waals surface area contributed by atoms with Gasteiger partial charge in [0.15, 0.2) is 0 Å². The summed E-state index contributed by atoms with van der Waals surface area (Å²) < 4.78 is 5.80. The summed E-state index contributed by atoms with van der Waals surface area (Å²) >= 11 is 12.1. The van der Waals surface area contributed by atoms with Gasteiger partial charge in [-0.1, -0.05) is 18.5 Å². The Morgan fingerprint density at radius 2 is 2.08 bits per heavy atom. The molecule has 0 spiro atoms. The first-order valence-corrected chi connectivity index (χ1v) is 8.84. The van der Waals surface area contributed by atoms with Gasteiger partial charge in [-0.05, 0) is 62.1 Å². The van der Waals surface area contributed by atoms with E-state index < -0.39 is 11.6 Å². The molecule has 0 saturated carbocycles. The van der Waals surface area contributed by atoms with E-state index >= 15 is 0 Å². The minimum atomic E-state index is -1.04. The molecule has 0 aliphatic heterocycles. The molecule has 0 aliphatic rings. The van der Waals surface area contributed by atoms with Crippen molar-refractivity contribution >= 4 is 29.3 Å². The number of carboxylic acid groups (broad SMARTS) is 1. The number of halogens is 2. The van der Waals surface area contributed by atoms with Crippen LogP contribution in [0.25, 0.3) is 11.3 Å². The van der Waals surface area contributed by atoms with Crippen molar-refractivity contribution in [2.24, 2.45) is 5.92 Å². The van der Waals surface area contributed by atoms with Crippen molar-refractivity contribution in [3.63, 3.8) is 0 Å². The lowest BCUT2D eigenvalue weighted by molar-refractivity contribution is 0.169. The van der Waals surface area contributed by atoms with Crippen molar-refractivity contribution in [1.82, 2.24) is 15.3 Å². The summed E-state index contributed by atoms with van der Waals surface area (Å²) in [7, 11) is 0. The zero-order chi connectivity index (χ0) is 19.3. The Bertz CT molecular complexity index is 784. The smallest absolute Gasteiger partial charge is 0.405 e.